The van der Waals surface area contributed by atoms with Gasteiger partial charge in [0.1, 0.15) is 0 Å². The highest BCUT2D eigenvalue weighted by Crippen LogP contribution is 2.39. The molecule has 28 heavy (non-hydrogen) atoms. The van der Waals surface area contributed by atoms with Crippen LogP contribution < -0.4 is 5.32 Å². The van der Waals surface area contributed by atoms with Gasteiger partial charge in [-0.3, -0.25) is 10.1 Å². The third-order valence-corrected chi connectivity index (χ3v) is 4.14. The lowest BCUT2D eigenvalue weighted by Gasteiger charge is -2.30. The van der Waals surface area contributed by atoms with Crippen LogP contribution in [0.25, 0.3) is 0 Å². The van der Waals surface area contributed by atoms with E-state index in [2.05, 4.69) is 5.32 Å². The number of carbonyl (C=O) groups excluding carboxylic acids is 2. The molecule has 1 heterocycles. The Morgan fingerprint density at radius 3 is 2.36 bits per heavy atom. The van der Waals surface area contributed by atoms with Gasteiger partial charge < -0.3 is 20.2 Å². The highest BCUT2D eigenvalue weighted by Gasteiger charge is 2.39. The van der Waals surface area contributed by atoms with Crippen LogP contribution in [0.2, 0.25) is 0 Å². The minimum Gasteiger partial charge on any atom is -0.463 e. The van der Waals surface area contributed by atoms with Crippen LogP contribution in [0, 0.1) is 15.5 Å². The number of rotatable bonds is 7. The van der Waals surface area contributed by atoms with Crippen molar-refractivity contribution in [3.63, 3.8) is 0 Å². The molecule has 1 aliphatic rings. The van der Waals surface area contributed by atoms with Gasteiger partial charge in [-0.15, -0.1) is 0 Å². The summed E-state index contributed by atoms with van der Waals surface area (Å²) in [6, 6.07) is 5.66. The molecule has 1 atom stereocenters. The second kappa shape index (κ2) is 8.94. The summed E-state index contributed by atoms with van der Waals surface area (Å²) >= 11 is 0. The molecule has 0 amide bonds. The van der Waals surface area contributed by atoms with Gasteiger partial charge in [-0.25, -0.2) is 9.59 Å². The molecule has 0 radical (unpaired) electrons. The summed E-state index contributed by atoms with van der Waals surface area (Å²) < 4.78 is 10.3. The van der Waals surface area contributed by atoms with Crippen molar-refractivity contribution < 1.29 is 24.0 Å². The van der Waals surface area contributed by atoms with E-state index in [0.717, 1.165) is 6.21 Å². The SMILES string of the molecule is CCOC(=O)C1=C(C)NC(C=N)=C(C(=O)OCC)C1c1cccc([N+](=O)[O-])c1. The Kier molecular flexibility index (Phi) is 6.64. The number of nitro benzene ring substituents is 1. The van der Waals surface area contributed by atoms with Crippen molar-refractivity contribution in [2.45, 2.75) is 26.7 Å². The second-order valence-electron chi connectivity index (χ2n) is 5.86. The zero-order valence-corrected chi connectivity index (χ0v) is 15.8. The van der Waals surface area contributed by atoms with Crippen LogP contribution in [0.4, 0.5) is 5.69 Å². The van der Waals surface area contributed by atoms with Crippen molar-refractivity contribution in [1.29, 1.82) is 5.41 Å². The molecular weight excluding hydrogens is 366 g/mol. The summed E-state index contributed by atoms with van der Waals surface area (Å²) in [4.78, 5) is 36.0. The quantitative estimate of drug-likeness (QED) is 0.318. The third kappa shape index (κ3) is 4.08. The van der Waals surface area contributed by atoms with Crippen LogP contribution in [-0.2, 0) is 19.1 Å². The first-order valence-electron chi connectivity index (χ1n) is 8.66. The molecule has 0 fully saturated rings. The molecule has 0 saturated carbocycles. The number of benzene rings is 1. The minimum atomic E-state index is -0.976. The van der Waals surface area contributed by atoms with Gasteiger partial charge in [0.2, 0.25) is 0 Å². The molecule has 0 saturated heterocycles. The molecular formula is C19H21N3O6. The first-order chi connectivity index (χ1) is 13.3. The Morgan fingerprint density at radius 2 is 1.82 bits per heavy atom. The number of nitrogens with one attached hydrogen (secondary N) is 2. The van der Waals surface area contributed by atoms with Gasteiger partial charge in [-0.05, 0) is 26.3 Å². The van der Waals surface area contributed by atoms with E-state index < -0.39 is 22.8 Å². The van der Waals surface area contributed by atoms with Crippen molar-refractivity contribution in [1.82, 2.24) is 5.32 Å². The number of allylic oxidation sites excluding steroid dienone is 2. The van der Waals surface area contributed by atoms with Crippen LogP contribution >= 0.6 is 0 Å². The minimum absolute atomic E-state index is 0.0194. The van der Waals surface area contributed by atoms with Crippen molar-refractivity contribution in [2.24, 2.45) is 0 Å². The highest BCUT2D eigenvalue weighted by molar-refractivity contribution is 6.03. The lowest BCUT2D eigenvalue weighted by Crippen LogP contribution is -2.33. The van der Waals surface area contributed by atoms with E-state index in [1.807, 2.05) is 0 Å². The van der Waals surface area contributed by atoms with Crippen LogP contribution in [0.15, 0.2) is 46.8 Å². The lowest BCUT2D eigenvalue weighted by atomic mass is 9.80. The van der Waals surface area contributed by atoms with E-state index in [-0.39, 0.29) is 35.7 Å². The molecule has 1 aromatic carbocycles. The fourth-order valence-corrected chi connectivity index (χ4v) is 3.03. The summed E-state index contributed by atoms with van der Waals surface area (Å²) in [6.45, 7) is 5.11. The Balaban J connectivity index is 2.75. The number of ether oxygens (including phenoxy) is 2. The highest BCUT2D eigenvalue weighted by atomic mass is 16.6. The van der Waals surface area contributed by atoms with Gasteiger partial charge in [0.05, 0.1) is 40.9 Å². The zero-order valence-electron chi connectivity index (χ0n) is 15.8. The number of carbonyl (C=O) groups is 2. The average molecular weight is 387 g/mol. The normalized spacial score (nSPS) is 16.3. The molecule has 2 rings (SSSR count). The van der Waals surface area contributed by atoms with Gasteiger partial charge in [-0.2, -0.15) is 0 Å². The predicted molar refractivity (Wildman–Crippen MR) is 101 cm³/mol. The summed E-state index contributed by atoms with van der Waals surface area (Å²) in [7, 11) is 0. The number of nitro groups is 1. The Hall–Kier alpha value is -3.49. The molecule has 2 N–H and O–H groups in total. The topological polar surface area (TPSA) is 132 Å². The van der Waals surface area contributed by atoms with Gasteiger partial charge >= 0.3 is 11.9 Å². The van der Waals surface area contributed by atoms with Gasteiger partial charge in [0, 0.05) is 24.0 Å². The summed E-state index contributed by atoms with van der Waals surface area (Å²) in [5, 5.41) is 21.7. The molecule has 0 aromatic heterocycles. The maximum atomic E-state index is 12.7. The fourth-order valence-electron chi connectivity index (χ4n) is 3.03. The standard InChI is InChI=1S/C19H21N3O6/c1-4-27-18(23)15-11(3)21-14(10-20)17(19(24)28-5-2)16(15)12-7-6-8-13(9-12)22(25)26/h6-10,16,20-21H,4-5H2,1-3H3. The maximum Gasteiger partial charge on any atom is 0.337 e. The fraction of sp³-hybridized carbons (Fsp3) is 0.316. The molecule has 0 spiro atoms. The summed E-state index contributed by atoms with van der Waals surface area (Å²) in [5.74, 6) is -2.36. The monoisotopic (exact) mass is 387 g/mol. The van der Waals surface area contributed by atoms with Crippen molar-refractivity contribution in [3.05, 3.63) is 62.5 Å². The van der Waals surface area contributed by atoms with Crippen molar-refractivity contribution >= 4 is 23.8 Å². The third-order valence-electron chi connectivity index (χ3n) is 4.14. The molecule has 0 bridgehead atoms. The average Bonchev–Trinajstić information content (AvgIpc) is 2.67. The Bertz CT molecular complexity index is 887. The van der Waals surface area contributed by atoms with E-state index in [0.29, 0.717) is 11.3 Å². The van der Waals surface area contributed by atoms with Gasteiger partial charge in [0.25, 0.3) is 5.69 Å². The molecule has 0 aliphatic carbocycles. The number of dihydropyridines is 1. The van der Waals surface area contributed by atoms with Crippen molar-refractivity contribution in [3.8, 4) is 0 Å². The van der Waals surface area contributed by atoms with Crippen LogP contribution in [0.3, 0.4) is 0 Å². The largest absolute Gasteiger partial charge is 0.463 e. The van der Waals surface area contributed by atoms with Crippen LogP contribution in [0.5, 0.6) is 0 Å². The van der Waals surface area contributed by atoms with E-state index in [4.69, 9.17) is 14.9 Å². The van der Waals surface area contributed by atoms with E-state index in [9.17, 15) is 19.7 Å². The molecule has 1 aromatic rings. The summed E-state index contributed by atoms with van der Waals surface area (Å²) in [5.41, 5.74) is 0.862. The molecule has 1 unspecified atom stereocenters. The molecule has 9 nitrogen and oxygen atoms in total. The number of non-ortho nitro benzene ring substituents is 1. The molecule has 9 heteroatoms. The predicted octanol–water partition coefficient (Wildman–Crippen LogP) is 2.59. The van der Waals surface area contributed by atoms with Gasteiger partial charge in [0.15, 0.2) is 0 Å². The van der Waals surface area contributed by atoms with Crippen LogP contribution in [-0.4, -0.2) is 36.3 Å². The Labute approximate surface area is 161 Å². The Morgan fingerprint density at radius 1 is 1.21 bits per heavy atom. The number of esters is 2. The van der Waals surface area contributed by atoms with Crippen molar-refractivity contribution in [2.75, 3.05) is 13.2 Å². The first kappa shape index (κ1) is 20.8. The van der Waals surface area contributed by atoms with E-state index in [1.54, 1.807) is 26.8 Å². The van der Waals surface area contributed by atoms with E-state index >= 15 is 0 Å². The second-order valence-corrected chi connectivity index (χ2v) is 5.86. The molecule has 148 valence electrons. The number of nitrogens with zero attached hydrogens (tertiary/aromatic N) is 1. The lowest BCUT2D eigenvalue weighted by molar-refractivity contribution is -0.384. The van der Waals surface area contributed by atoms with E-state index in [1.165, 1.54) is 18.2 Å². The zero-order chi connectivity index (χ0) is 20.8. The first-order valence-corrected chi connectivity index (χ1v) is 8.66. The number of hydrogen-bond donors (Lipinski definition) is 2. The molecule has 1 aliphatic heterocycles. The summed E-state index contributed by atoms with van der Waals surface area (Å²) in [6.07, 6.45) is 0.946. The maximum absolute atomic E-state index is 12.7. The van der Waals surface area contributed by atoms with Crippen LogP contribution in [0.1, 0.15) is 32.3 Å². The van der Waals surface area contributed by atoms with Gasteiger partial charge in [-0.1, -0.05) is 12.1 Å². The smallest absolute Gasteiger partial charge is 0.337 e. The number of hydrogen-bond acceptors (Lipinski definition) is 8.